The minimum Gasteiger partial charge on any atom is -0.477 e. The summed E-state index contributed by atoms with van der Waals surface area (Å²) in [4.78, 5) is 21.1. The lowest BCUT2D eigenvalue weighted by molar-refractivity contribution is 0.0940. The van der Waals surface area contributed by atoms with Crippen LogP contribution in [0.2, 0.25) is 0 Å². The van der Waals surface area contributed by atoms with Crippen LogP contribution in [0, 0.1) is 12.8 Å². The van der Waals surface area contributed by atoms with Gasteiger partial charge in [-0.3, -0.25) is 14.5 Å². The van der Waals surface area contributed by atoms with E-state index in [9.17, 15) is 4.79 Å². The van der Waals surface area contributed by atoms with Crippen LogP contribution in [0.5, 0.6) is 5.88 Å². The summed E-state index contributed by atoms with van der Waals surface area (Å²) in [5, 5.41) is 8.22. The molecule has 7 heteroatoms. The number of carbonyl (C=O) groups excluding carboxylic acids is 1. The van der Waals surface area contributed by atoms with Crippen LogP contribution in [-0.2, 0) is 6.54 Å². The van der Waals surface area contributed by atoms with E-state index in [1.165, 1.54) is 12.8 Å². The van der Waals surface area contributed by atoms with Crippen molar-refractivity contribution in [1.29, 1.82) is 0 Å². The van der Waals surface area contributed by atoms with Crippen LogP contribution >= 0.6 is 0 Å². The van der Waals surface area contributed by atoms with Crippen molar-refractivity contribution >= 4 is 16.8 Å². The maximum Gasteiger partial charge on any atom is 0.270 e. The number of pyridine rings is 2. The van der Waals surface area contributed by atoms with Crippen LogP contribution in [-0.4, -0.2) is 38.3 Å². The highest BCUT2D eigenvalue weighted by molar-refractivity contribution is 6.04. The first-order chi connectivity index (χ1) is 13.5. The van der Waals surface area contributed by atoms with E-state index < -0.39 is 0 Å². The highest BCUT2D eigenvalue weighted by atomic mass is 16.5. The lowest BCUT2D eigenvalue weighted by atomic mass is 10.2. The van der Waals surface area contributed by atoms with Gasteiger partial charge in [-0.25, -0.2) is 4.98 Å². The van der Waals surface area contributed by atoms with Crippen molar-refractivity contribution in [3.63, 3.8) is 0 Å². The fourth-order valence-electron chi connectivity index (χ4n) is 3.11. The third kappa shape index (κ3) is 4.13. The summed E-state index contributed by atoms with van der Waals surface area (Å²) in [6, 6.07) is 3.94. The molecule has 1 amide bonds. The second kappa shape index (κ2) is 7.58. The topological polar surface area (TPSA) is 81.9 Å². The van der Waals surface area contributed by atoms with E-state index in [2.05, 4.69) is 26.4 Å². The number of amides is 1. The number of fused-ring (bicyclic) bond motifs is 1. The summed E-state index contributed by atoms with van der Waals surface area (Å²) in [5.41, 5.74) is 3.20. The van der Waals surface area contributed by atoms with Gasteiger partial charge < -0.3 is 10.1 Å². The molecule has 0 aliphatic heterocycles. The van der Waals surface area contributed by atoms with Gasteiger partial charge in [0.15, 0.2) is 0 Å². The van der Waals surface area contributed by atoms with Gasteiger partial charge in [0.1, 0.15) is 5.69 Å². The SMILES string of the molecule is Cc1cc(Cn2cc3c(C(=O)NC(C)C)nccc3n2)cnc1OCC1CC1. The number of ether oxygens (including phenoxy) is 1. The summed E-state index contributed by atoms with van der Waals surface area (Å²) in [6.07, 6.45) is 7.83. The predicted molar refractivity (Wildman–Crippen MR) is 106 cm³/mol. The standard InChI is InChI=1S/C21H25N5O2/c1-13(2)24-20(27)19-17-11-26(25-18(17)6-7-22-19)10-16-8-14(3)21(23-9-16)28-12-15-4-5-15/h6-9,11,13,15H,4-5,10,12H2,1-3H3,(H,24,27). The molecule has 1 aliphatic carbocycles. The molecule has 0 aromatic carbocycles. The molecule has 0 atom stereocenters. The normalized spacial score (nSPS) is 13.9. The highest BCUT2D eigenvalue weighted by Crippen LogP contribution is 2.29. The van der Waals surface area contributed by atoms with E-state index >= 15 is 0 Å². The molecule has 0 spiro atoms. The van der Waals surface area contributed by atoms with Crippen LogP contribution in [0.25, 0.3) is 10.9 Å². The van der Waals surface area contributed by atoms with Gasteiger partial charge in [0.2, 0.25) is 5.88 Å². The Morgan fingerprint density at radius 1 is 1.36 bits per heavy atom. The highest BCUT2D eigenvalue weighted by Gasteiger charge is 2.22. The molecule has 4 rings (SSSR count). The number of hydrogen-bond donors (Lipinski definition) is 1. The smallest absolute Gasteiger partial charge is 0.270 e. The van der Waals surface area contributed by atoms with Crippen LogP contribution in [0.15, 0.2) is 30.7 Å². The number of rotatable bonds is 7. The fourth-order valence-corrected chi connectivity index (χ4v) is 3.11. The molecule has 1 fully saturated rings. The average Bonchev–Trinajstić information content (AvgIpc) is 3.37. The van der Waals surface area contributed by atoms with Gasteiger partial charge >= 0.3 is 0 Å². The zero-order chi connectivity index (χ0) is 19.7. The maximum atomic E-state index is 12.4. The van der Waals surface area contributed by atoms with E-state index in [0.717, 1.165) is 28.6 Å². The molecule has 28 heavy (non-hydrogen) atoms. The van der Waals surface area contributed by atoms with Gasteiger partial charge in [0, 0.05) is 30.2 Å². The van der Waals surface area contributed by atoms with Crippen molar-refractivity contribution in [3.05, 3.63) is 47.5 Å². The first-order valence-corrected chi connectivity index (χ1v) is 9.71. The summed E-state index contributed by atoms with van der Waals surface area (Å²) >= 11 is 0. The molecule has 1 N–H and O–H groups in total. The third-order valence-electron chi connectivity index (χ3n) is 4.70. The molecule has 1 saturated carbocycles. The largest absolute Gasteiger partial charge is 0.477 e. The van der Waals surface area contributed by atoms with Gasteiger partial charge in [-0.2, -0.15) is 5.10 Å². The van der Waals surface area contributed by atoms with Crippen LogP contribution < -0.4 is 10.1 Å². The zero-order valence-electron chi connectivity index (χ0n) is 16.5. The molecule has 3 heterocycles. The lowest BCUT2D eigenvalue weighted by Gasteiger charge is -2.09. The van der Waals surface area contributed by atoms with Gasteiger partial charge in [-0.15, -0.1) is 0 Å². The molecular formula is C21H25N5O2. The van der Waals surface area contributed by atoms with Gasteiger partial charge in [0.05, 0.1) is 24.1 Å². The summed E-state index contributed by atoms with van der Waals surface area (Å²) in [5.74, 6) is 1.22. The first-order valence-electron chi connectivity index (χ1n) is 9.71. The van der Waals surface area contributed by atoms with Crippen molar-refractivity contribution in [2.75, 3.05) is 6.61 Å². The molecule has 7 nitrogen and oxygen atoms in total. The second-order valence-corrected chi connectivity index (χ2v) is 7.77. The monoisotopic (exact) mass is 379 g/mol. The Balaban J connectivity index is 1.53. The summed E-state index contributed by atoms with van der Waals surface area (Å²) in [6.45, 7) is 7.18. The lowest BCUT2D eigenvalue weighted by Crippen LogP contribution is -2.30. The fraction of sp³-hybridized carbons (Fsp3) is 0.429. The number of aryl methyl sites for hydroxylation is 1. The van der Waals surface area contributed by atoms with E-state index in [4.69, 9.17) is 4.74 Å². The average molecular weight is 379 g/mol. The maximum absolute atomic E-state index is 12.4. The molecule has 3 aromatic heterocycles. The van der Waals surface area contributed by atoms with Gasteiger partial charge in [0.25, 0.3) is 5.91 Å². The number of aromatic nitrogens is 4. The van der Waals surface area contributed by atoms with Crippen molar-refractivity contribution in [2.45, 2.75) is 46.2 Å². The van der Waals surface area contributed by atoms with Gasteiger partial charge in [-0.05, 0) is 57.2 Å². The first kappa shape index (κ1) is 18.4. The van der Waals surface area contributed by atoms with Crippen LogP contribution in [0.4, 0.5) is 0 Å². The minimum absolute atomic E-state index is 0.0503. The molecular weight excluding hydrogens is 354 g/mol. The number of carbonyl (C=O) groups is 1. The Morgan fingerprint density at radius 2 is 2.18 bits per heavy atom. The molecule has 0 radical (unpaired) electrons. The summed E-state index contributed by atoms with van der Waals surface area (Å²) in [7, 11) is 0. The summed E-state index contributed by atoms with van der Waals surface area (Å²) < 4.78 is 7.62. The van der Waals surface area contributed by atoms with Crippen molar-refractivity contribution in [3.8, 4) is 5.88 Å². The van der Waals surface area contributed by atoms with Crippen LogP contribution in [0.3, 0.4) is 0 Å². The van der Waals surface area contributed by atoms with Crippen molar-refractivity contribution in [2.24, 2.45) is 5.92 Å². The van der Waals surface area contributed by atoms with E-state index in [-0.39, 0.29) is 11.9 Å². The Morgan fingerprint density at radius 3 is 2.89 bits per heavy atom. The molecule has 0 bridgehead atoms. The van der Waals surface area contributed by atoms with E-state index in [0.29, 0.717) is 24.0 Å². The Bertz CT molecular complexity index is 1010. The van der Waals surface area contributed by atoms with E-state index in [1.807, 2.05) is 43.9 Å². The Kier molecular flexibility index (Phi) is 4.98. The third-order valence-corrected chi connectivity index (χ3v) is 4.70. The van der Waals surface area contributed by atoms with Crippen molar-refractivity contribution < 1.29 is 9.53 Å². The molecule has 0 unspecified atom stereocenters. The molecule has 146 valence electrons. The second-order valence-electron chi connectivity index (χ2n) is 7.77. The minimum atomic E-state index is -0.185. The predicted octanol–water partition coefficient (Wildman–Crippen LogP) is 3.11. The quantitative estimate of drug-likeness (QED) is 0.682. The van der Waals surface area contributed by atoms with Crippen molar-refractivity contribution in [1.82, 2.24) is 25.1 Å². The molecule has 0 saturated heterocycles. The van der Waals surface area contributed by atoms with Crippen LogP contribution in [0.1, 0.15) is 48.3 Å². The Hall–Kier alpha value is -2.96. The van der Waals surface area contributed by atoms with Gasteiger partial charge in [-0.1, -0.05) is 0 Å². The number of nitrogens with zero attached hydrogens (tertiary/aromatic N) is 4. The van der Waals surface area contributed by atoms with E-state index in [1.54, 1.807) is 6.20 Å². The molecule has 3 aromatic rings. The number of hydrogen-bond acceptors (Lipinski definition) is 5. The zero-order valence-corrected chi connectivity index (χ0v) is 16.5. The Labute approximate surface area is 164 Å². The molecule has 1 aliphatic rings. The number of nitrogens with one attached hydrogen (secondary N) is 1.